The summed E-state index contributed by atoms with van der Waals surface area (Å²) in [6, 6.07) is 18.8. The molecule has 218 valence electrons. The summed E-state index contributed by atoms with van der Waals surface area (Å²) in [6.07, 6.45) is 5.01. The third kappa shape index (κ3) is 7.72. The molecule has 0 bridgehead atoms. The number of rotatable bonds is 11. The van der Waals surface area contributed by atoms with E-state index in [1.54, 1.807) is 0 Å². The summed E-state index contributed by atoms with van der Waals surface area (Å²) in [6.45, 7) is 4.75. The molecule has 41 heavy (non-hydrogen) atoms. The minimum absolute atomic E-state index is 0.203. The molecule has 0 spiro atoms. The number of nitrogens with zero attached hydrogens (tertiary/aromatic N) is 1. The molecule has 5 rings (SSSR count). The van der Waals surface area contributed by atoms with E-state index < -0.39 is 11.6 Å². The Kier molecular flexibility index (Phi) is 10.0. The molecule has 2 fully saturated rings. The largest absolute Gasteiger partial charge is 0.379 e. The zero-order valence-corrected chi connectivity index (χ0v) is 24.3. The topological polar surface area (TPSA) is 99.8 Å². The predicted molar refractivity (Wildman–Crippen MR) is 162 cm³/mol. The number of nitrogens with one attached hydrogen (secondary N) is 3. The molecule has 1 aliphatic heterocycles. The predicted octanol–water partition coefficient (Wildman–Crippen LogP) is 3.90. The third-order valence-corrected chi connectivity index (χ3v) is 9.22. The number of amides is 3. The molecule has 1 atom stereocenters. The number of thiophene rings is 1. The molecule has 8 nitrogen and oxygen atoms in total. The van der Waals surface area contributed by atoms with Gasteiger partial charge in [0.1, 0.15) is 11.6 Å². The molecule has 3 N–H and O–H groups in total. The molecule has 2 aliphatic rings. The highest BCUT2D eigenvalue weighted by Crippen LogP contribution is 2.31. The van der Waals surface area contributed by atoms with Crippen molar-refractivity contribution in [2.24, 2.45) is 0 Å². The Morgan fingerprint density at radius 2 is 1.68 bits per heavy atom. The maximum absolute atomic E-state index is 14.0. The van der Waals surface area contributed by atoms with Crippen LogP contribution in [-0.2, 0) is 20.7 Å². The van der Waals surface area contributed by atoms with Gasteiger partial charge in [-0.05, 0) is 48.9 Å². The number of fused-ring (bicyclic) bond motifs is 1. The Labute approximate surface area is 245 Å². The van der Waals surface area contributed by atoms with Crippen LogP contribution in [0.1, 0.15) is 53.8 Å². The van der Waals surface area contributed by atoms with Crippen LogP contribution in [-0.4, -0.2) is 73.6 Å². The Bertz CT molecular complexity index is 1280. The minimum Gasteiger partial charge on any atom is -0.379 e. The minimum atomic E-state index is -1.04. The lowest BCUT2D eigenvalue weighted by atomic mass is 9.80. The van der Waals surface area contributed by atoms with Gasteiger partial charge in [0, 0.05) is 30.8 Å². The van der Waals surface area contributed by atoms with E-state index in [2.05, 4.69) is 20.9 Å². The van der Waals surface area contributed by atoms with Crippen LogP contribution in [0.4, 0.5) is 0 Å². The fourth-order valence-corrected chi connectivity index (χ4v) is 6.71. The van der Waals surface area contributed by atoms with Crippen LogP contribution in [0.25, 0.3) is 10.1 Å². The summed E-state index contributed by atoms with van der Waals surface area (Å²) in [7, 11) is 0. The van der Waals surface area contributed by atoms with Gasteiger partial charge >= 0.3 is 0 Å². The summed E-state index contributed by atoms with van der Waals surface area (Å²) < 4.78 is 6.45. The zero-order valence-electron chi connectivity index (χ0n) is 23.5. The van der Waals surface area contributed by atoms with Gasteiger partial charge in [0.2, 0.25) is 11.8 Å². The summed E-state index contributed by atoms with van der Waals surface area (Å²) in [5.74, 6) is -0.725. The van der Waals surface area contributed by atoms with E-state index in [1.807, 2.05) is 60.7 Å². The SMILES string of the molecule is O=C(NC1(C(=O)N[C@H](Cc2ccccc2)C(=O)NCCCN2CCOCC2)CCCCC1)c1cc2ccccc2s1. The highest BCUT2D eigenvalue weighted by atomic mass is 32.1. The molecule has 0 radical (unpaired) electrons. The molecular weight excluding hydrogens is 536 g/mol. The van der Waals surface area contributed by atoms with Gasteiger partial charge in [-0.2, -0.15) is 0 Å². The van der Waals surface area contributed by atoms with Crippen molar-refractivity contribution in [3.8, 4) is 0 Å². The third-order valence-electron chi connectivity index (χ3n) is 8.10. The first kappa shape index (κ1) is 29.2. The Morgan fingerprint density at radius 1 is 0.951 bits per heavy atom. The van der Waals surface area contributed by atoms with Crippen LogP contribution < -0.4 is 16.0 Å². The van der Waals surface area contributed by atoms with Gasteiger partial charge in [0.25, 0.3) is 5.91 Å². The second kappa shape index (κ2) is 14.1. The van der Waals surface area contributed by atoms with Crippen molar-refractivity contribution in [1.82, 2.24) is 20.9 Å². The van der Waals surface area contributed by atoms with E-state index in [0.717, 1.165) is 74.2 Å². The van der Waals surface area contributed by atoms with Crippen molar-refractivity contribution in [1.29, 1.82) is 0 Å². The standard InChI is InChI=1S/C32H40N4O4S/c37-29(33-16-9-17-36-18-20-40-21-19-36)26(22-24-10-3-1-4-11-24)34-31(39)32(14-7-2-8-15-32)35-30(38)28-23-25-12-5-6-13-27(25)41-28/h1,3-6,10-13,23,26H,2,7-9,14-22H2,(H,33,37)(H,34,39)(H,35,38)/t26-/m1/s1. The molecule has 2 heterocycles. The number of morpholine rings is 1. The first-order valence-electron chi connectivity index (χ1n) is 14.8. The number of hydrogen-bond acceptors (Lipinski definition) is 6. The van der Waals surface area contributed by atoms with Crippen molar-refractivity contribution in [3.05, 3.63) is 71.1 Å². The highest BCUT2D eigenvalue weighted by Gasteiger charge is 2.42. The lowest BCUT2D eigenvalue weighted by molar-refractivity contribution is -0.133. The van der Waals surface area contributed by atoms with E-state index in [-0.39, 0.29) is 17.7 Å². The van der Waals surface area contributed by atoms with Gasteiger partial charge in [-0.15, -0.1) is 11.3 Å². The molecular formula is C32H40N4O4S. The van der Waals surface area contributed by atoms with Crippen LogP contribution in [0.15, 0.2) is 60.7 Å². The zero-order chi connectivity index (χ0) is 28.5. The maximum atomic E-state index is 14.0. The molecule has 0 unspecified atom stereocenters. The van der Waals surface area contributed by atoms with Gasteiger partial charge in [0.05, 0.1) is 18.1 Å². The van der Waals surface area contributed by atoms with E-state index in [1.165, 1.54) is 11.3 Å². The second-order valence-corrected chi connectivity index (χ2v) is 12.1. The fraction of sp³-hybridized carbons (Fsp3) is 0.469. The number of benzene rings is 2. The molecule has 2 aromatic carbocycles. The smallest absolute Gasteiger partial charge is 0.262 e. The average Bonchev–Trinajstić information content (AvgIpc) is 3.45. The highest BCUT2D eigenvalue weighted by molar-refractivity contribution is 7.20. The molecule has 1 saturated heterocycles. The van der Waals surface area contributed by atoms with Crippen molar-refractivity contribution >= 4 is 39.1 Å². The van der Waals surface area contributed by atoms with Gasteiger partial charge < -0.3 is 20.7 Å². The van der Waals surface area contributed by atoms with E-state index in [9.17, 15) is 14.4 Å². The van der Waals surface area contributed by atoms with Crippen LogP contribution in [0.5, 0.6) is 0 Å². The van der Waals surface area contributed by atoms with Crippen molar-refractivity contribution < 1.29 is 19.1 Å². The lowest BCUT2D eigenvalue weighted by Crippen LogP contribution is -2.63. The van der Waals surface area contributed by atoms with E-state index >= 15 is 0 Å². The van der Waals surface area contributed by atoms with E-state index in [0.29, 0.717) is 30.7 Å². The average molecular weight is 577 g/mol. The monoisotopic (exact) mass is 576 g/mol. The quantitative estimate of drug-likeness (QED) is 0.301. The lowest BCUT2D eigenvalue weighted by Gasteiger charge is -2.37. The molecule has 1 aromatic heterocycles. The number of hydrogen-bond donors (Lipinski definition) is 3. The molecule has 9 heteroatoms. The first-order valence-corrected chi connectivity index (χ1v) is 15.6. The van der Waals surface area contributed by atoms with Crippen LogP contribution in [0, 0.1) is 0 Å². The summed E-state index contributed by atoms with van der Waals surface area (Å²) >= 11 is 1.43. The van der Waals surface area contributed by atoms with Gasteiger partial charge in [-0.3, -0.25) is 19.3 Å². The normalized spacial score (nSPS) is 18.0. The Morgan fingerprint density at radius 3 is 2.44 bits per heavy atom. The van der Waals surface area contributed by atoms with Crippen LogP contribution in [0.3, 0.4) is 0 Å². The van der Waals surface area contributed by atoms with Gasteiger partial charge in [-0.25, -0.2) is 0 Å². The fourth-order valence-electron chi connectivity index (χ4n) is 5.75. The summed E-state index contributed by atoms with van der Waals surface area (Å²) in [5, 5.41) is 10.2. The van der Waals surface area contributed by atoms with E-state index in [4.69, 9.17) is 4.74 Å². The summed E-state index contributed by atoms with van der Waals surface area (Å²) in [5.41, 5.74) is -0.0786. The Balaban J connectivity index is 1.27. The van der Waals surface area contributed by atoms with Gasteiger partial charge in [0.15, 0.2) is 0 Å². The second-order valence-electron chi connectivity index (χ2n) is 11.1. The molecule has 3 amide bonds. The summed E-state index contributed by atoms with van der Waals surface area (Å²) in [4.78, 5) is 43.8. The molecule has 3 aromatic rings. The van der Waals surface area contributed by atoms with Crippen LogP contribution >= 0.6 is 11.3 Å². The number of ether oxygens (including phenoxy) is 1. The molecule has 1 saturated carbocycles. The first-order chi connectivity index (χ1) is 20.0. The maximum Gasteiger partial charge on any atom is 0.262 e. The van der Waals surface area contributed by atoms with Crippen molar-refractivity contribution in [3.63, 3.8) is 0 Å². The number of carbonyl (C=O) groups excluding carboxylic acids is 3. The van der Waals surface area contributed by atoms with Crippen LogP contribution in [0.2, 0.25) is 0 Å². The Hall–Kier alpha value is -3.27. The number of carbonyl (C=O) groups is 3. The van der Waals surface area contributed by atoms with Crippen molar-refractivity contribution in [2.45, 2.75) is 56.5 Å². The van der Waals surface area contributed by atoms with Gasteiger partial charge in [-0.1, -0.05) is 67.8 Å². The van der Waals surface area contributed by atoms with Crippen molar-refractivity contribution in [2.75, 3.05) is 39.4 Å². The molecule has 1 aliphatic carbocycles.